The second-order valence-corrected chi connectivity index (χ2v) is 6.03. The molecule has 0 aliphatic heterocycles. The van der Waals surface area contributed by atoms with Gasteiger partial charge in [0.05, 0.1) is 6.67 Å². The maximum absolute atomic E-state index is 13.3. The van der Waals surface area contributed by atoms with E-state index in [2.05, 4.69) is 10.00 Å². The van der Waals surface area contributed by atoms with Crippen molar-refractivity contribution in [2.75, 3.05) is 0 Å². The van der Waals surface area contributed by atoms with Crippen LogP contribution in [-0.4, -0.2) is 30.4 Å². The van der Waals surface area contributed by atoms with Gasteiger partial charge < -0.3 is 9.67 Å². The highest BCUT2D eigenvalue weighted by molar-refractivity contribution is 7.71. The van der Waals surface area contributed by atoms with Crippen LogP contribution >= 0.6 is 12.2 Å². The first-order valence-corrected chi connectivity index (χ1v) is 7.71. The van der Waals surface area contributed by atoms with Crippen molar-refractivity contribution in [2.45, 2.75) is 38.7 Å². The lowest BCUT2D eigenvalue weighted by Gasteiger charge is -2.21. The van der Waals surface area contributed by atoms with Crippen LogP contribution in [0, 0.1) is 10.6 Å². The van der Waals surface area contributed by atoms with E-state index in [-0.39, 0.29) is 12.4 Å². The average Bonchev–Trinajstić information content (AvgIpc) is 3.30. The van der Waals surface area contributed by atoms with Gasteiger partial charge in [-0.2, -0.15) is 5.10 Å². The molecule has 3 rings (SSSR count). The van der Waals surface area contributed by atoms with E-state index in [4.69, 9.17) is 12.2 Å². The van der Waals surface area contributed by atoms with E-state index in [1.54, 1.807) is 28.4 Å². The maximum Gasteiger partial charge on any atom is 0.198 e. The van der Waals surface area contributed by atoms with E-state index in [1.165, 1.54) is 6.07 Å². The molecule has 118 valence electrons. The highest BCUT2D eigenvalue weighted by Crippen LogP contribution is 2.29. The van der Waals surface area contributed by atoms with Crippen LogP contribution in [0.3, 0.4) is 0 Å². The zero-order valence-electron chi connectivity index (χ0n) is 12.4. The Labute approximate surface area is 133 Å². The molecule has 1 aliphatic carbocycles. The summed E-state index contributed by atoms with van der Waals surface area (Å²) >= 11 is 5.36. The van der Waals surface area contributed by atoms with Gasteiger partial charge in [-0.3, -0.25) is 4.90 Å². The Bertz CT molecular complexity index is 723. The molecule has 0 spiro atoms. The van der Waals surface area contributed by atoms with Gasteiger partial charge in [0.2, 0.25) is 0 Å². The van der Waals surface area contributed by atoms with Gasteiger partial charge in [0.15, 0.2) is 10.6 Å². The number of aromatic nitrogens is 3. The smallest absolute Gasteiger partial charge is 0.198 e. The third-order valence-electron chi connectivity index (χ3n) is 3.93. The molecule has 1 fully saturated rings. The molecule has 1 heterocycles. The predicted molar refractivity (Wildman–Crippen MR) is 82.9 cm³/mol. The Morgan fingerprint density at radius 2 is 2.23 bits per heavy atom. The van der Waals surface area contributed by atoms with Crippen LogP contribution in [0.25, 0.3) is 0 Å². The van der Waals surface area contributed by atoms with Crippen LogP contribution in [0.2, 0.25) is 0 Å². The summed E-state index contributed by atoms with van der Waals surface area (Å²) in [5.41, 5.74) is 0.941. The summed E-state index contributed by atoms with van der Waals surface area (Å²) in [6.45, 7) is 1.07. The van der Waals surface area contributed by atoms with Crippen LogP contribution in [-0.2, 0) is 26.9 Å². The van der Waals surface area contributed by atoms with Crippen molar-refractivity contribution in [3.05, 3.63) is 46.2 Å². The van der Waals surface area contributed by atoms with Crippen molar-refractivity contribution in [2.24, 2.45) is 7.05 Å². The number of nitrogens with zero attached hydrogens (tertiary/aromatic N) is 4. The van der Waals surface area contributed by atoms with Crippen molar-refractivity contribution >= 4 is 12.2 Å². The Morgan fingerprint density at radius 3 is 2.82 bits per heavy atom. The van der Waals surface area contributed by atoms with Gasteiger partial charge in [0.25, 0.3) is 0 Å². The zero-order chi connectivity index (χ0) is 15.7. The standard InChI is InChI=1S/C15H19FN4OS/c1-18-14(9-21)17-20(15(18)22)10-19(13-5-6-13)8-11-3-2-4-12(16)7-11/h2-4,7,13,21H,5-6,8-10H2,1H3. The van der Waals surface area contributed by atoms with Gasteiger partial charge in [-0.25, -0.2) is 9.07 Å². The molecule has 0 saturated heterocycles. The van der Waals surface area contributed by atoms with E-state index < -0.39 is 0 Å². The van der Waals surface area contributed by atoms with Crippen molar-refractivity contribution < 1.29 is 9.50 Å². The number of aliphatic hydroxyl groups is 1. The molecular formula is C15H19FN4OS. The lowest BCUT2D eigenvalue weighted by molar-refractivity contribution is 0.185. The van der Waals surface area contributed by atoms with E-state index in [1.807, 2.05) is 6.07 Å². The Kier molecular flexibility index (Phi) is 4.37. The highest BCUT2D eigenvalue weighted by atomic mass is 32.1. The average molecular weight is 322 g/mol. The van der Waals surface area contributed by atoms with Gasteiger partial charge in [-0.1, -0.05) is 12.1 Å². The van der Waals surface area contributed by atoms with E-state index >= 15 is 0 Å². The van der Waals surface area contributed by atoms with Crippen LogP contribution in [0.15, 0.2) is 24.3 Å². The second kappa shape index (κ2) is 6.28. The summed E-state index contributed by atoms with van der Waals surface area (Å²) < 4.78 is 17.4. The lowest BCUT2D eigenvalue weighted by atomic mass is 10.2. The quantitative estimate of drug-likeness (QED) is 0.828. The van der Waals surface area contributed by atoms with Crippen molar-refractivity contribution in [3.8, 4) is 0 Å². The fraction of sp³-hybridized carbons (Fsp3) is 0.467. The molecule has 0 atom stereocenters. The number of halogens is 1. The van der Waals surface area contributed by atoms with Crippen LogP contribution in [0.4, 0.5) is 4.39 Å². The van der Waals surface area contributed by atoms with E-state index in [9.17, 15) is 9.50 Å². The van der Waals surface area contributed by atoms with Gasteiger partial charge in [0.1, 0.15) is 12.4 Å². The number of hydrogen-bond donors (Lipinski definition) is 1. The van der Waals surface area contributed by atoms with Crippen LogP contribution < -0.4 is 0 Å². The Hall–Kier alpha value is -1.57. The maximum atomic E-state index is 13.3. The molecule has 1 aromatic carbocycles. The molecule has 0 radical (unpaired) electrons. The fourth-order valence-electron chi connectivity index (χ4n) is 2.54. The summed E-state index contributed by atoms with van der Waals surface area (Å²) in [4.78, 5) is 2.25. The SMILES string of the molecule is Cn1c(CO)nn(CN(Cc2cccc(F)c2)C2CC2)c1=S. The van der Waals surface area contributed by atoms with Crippen molar-refractivity contribution in [1.82, 2.24) is 19.2 Å². The van der Waals surface area contributed by atoms with Crippen LogP contribution in [0.5, 0.6) is 0 Å². The second-order valence-electron chi connectivity index (χ2n) is 5.66. The number of rotatable bonds is 6. The molecule has 0 bridgehead atoms. The normalized spacial score (nSPS) is 14.7. The summed E-state index contributed by atoms with van der Waals surface area (Å²) in [5, 5.41) is 13.6. The topological polar surface area (TPSA) is 46.2 Å². The summed E-state index contributed by atoms with van der Waals surface area (Å²) in [7, 11) is 1.80. The monoisotopic (exact) mass is 322 g/mol. The molecule has 5 nitrogen and oxygen atoms in total. The van der Waals surface area contributed by atoms with Crippen LogP contribution in [0.1, 0.15) is 24.2 Å². The third kappa shape index (κ3) is 3.26. The van der Waals surface area contributed by atoms with Crippen molar-refractivity contribution in [3.63, 3.8) is 0 Å². The van der Waals surface area contributed by atoms with Gasteiger partial charge >= 0.3 is 0 Å². The molecule has 0 amide bonds. The molecule has 1 N–H and O–H groups in total. The minimum absolute atomic E-state index is 0.138. The molecule has 7 heteroatoms. The molecule has 1 saturated carbocycles. The molecule has 22 heavy (non-hydrogen) atoms. The molecule has 2 aromatic rings. The number of aliphatic hydroxyl groups excluding tert-OH is 1. The first kappa shape index (κ1) is 15.3. The molecule has 1 aromatic heterocycles. The third-order valence-corrected chi connectivity index (χ3v) is 4.41. The minimum atomic E-state index is -0.217. The molecular weight excluding hydrogens is 303 g/mol. The summed E-state index contributed by atoms with van der Waals surface area (Å²) in [6.07, 6.45) is 2.28. The molecule has 1 aliphatic rings. The predicted octanol–water partition coefficient (Wildman–Crippen LogP) is 2.20. The largest absolute Gasteiger partial charge is 0.388 e. The first-order valence-electron chi connectivity index (χ1n) is 7.30. The fourth-order valence-corrected chi connectivity index (χ4v) is 2.74. The van der Waals surface area contributed by atoms with Gasteiger partial charge in [-0.05, 0) is 42.8 Å². The number of hydrogen-bond acceptors (Lipinski definition) is 4. The van der Waals surface area contributed by atoms with E-state index in [0.717, 1.165) is 18.4 Å². The number of benzene rings is 1. The molecule has 0 unspecified atom stereocenters. The minimum Gasteiger partial charge on any atom is -0.388 e. The summed E-state index contributed by atoms with van der Waals surface area (Å²) in [5.74, 6) is 0.330. The van der Waals surface area contributed by atoms with E-state index in [0.29, 0.717) is 29.9 Å². The Morgan fingerprint density at radius 1 is 1.45 bits per heavy atom. The first-order chi connectivity index (χ1) is 10.6. The highest BCUT2D eigenvalue weighted by Gasteiger charge is 2.29. The van der Waals surface area contributed by atoms with Gasteiger partial charge in [-0.15, -0.1) is 0 Å². The van der Waals surface area contributed by atoms with Gasteiger partial charge in [0, 0.05) is 19.6 Å². The lowest BCUT2D eigenvalue weighted by Crippen LogP contribution is -2.29. The zero-order valence-corrected chi connectivity index (χ0v) is 13.3. The summed E-state index contributed by atoms with van der Waals surface area (Å²) in [6, 6.07) is 7.16. The van der Waals surface area contributed by atoms with Crippen molar-refractivity contribution in [1.29, 1.82) is 0 Å². The Balaban J connectivity index is 1.79.